The molecule has 1 N–H and O–H groups in total. The molecule has 0 fully saturated rings. The van der Waals surface area contributed by atoms with E-state index in [1.165, 1.54) is 24.1 Å². The Bertz CT molecular complexity index is 1160. The molecule has 2 aromatic rings. The molecule has 11 heteroatoms. The molecule has 2 amide bonds. The molecule has 0 aromatic heterocycles. The van der Waals surface area contributed by atoms with Crippen LogP contribution in [0.1, 0.15) is 32.8 Å². The van der Waals surface area contributed by atoms with E-state index in [2.05, 4.69) is 5.32 Å². The molecule has 0 radical (unpaired) electrons. The number of carbonyl (C=O) groups is 2. The van der Waals surface area contributed by atoms with Crippen molar-refractivity contribution in [2.45, 2.75) is 45.8 Å². The van der Waals surface area contributed by atoms with Crippen LogP contribution in [0.3, 0.4) is 0 Å². The second kappa shape index (κ2) is 12.5. The number of rotatable bonds is 11. The summed E-state index contributed by atoms with van der Waals surface area (Å²) in [5.74, 6) is -0.302. The minimum Gasteiger partial charge on any atom is -0.497 e. The normalized spacial score (nSPS) is 12.2. The molecule has 2 aromatic carbocycles. The number of hydrogen-bond donors (Lipinski definition) is 1. The van der Waals surface area contributed by atoms with Gasteiger partial charge in [-0.2, -0.15) is 0 Å². The molecule has 0 bridgehead atoms. The van der Waals surface area contributed by atoms with E-state index < -0.39 is 28.5 Å². The highest BCUT2D eigenvalue weighted by Crippen LogP contribution is 2.33. The standard InChI is InChI=1S/C24H31Cl2N3O5S/c1-6-20(24(31)27-16(2)3)28(14-17-9-7-10-18(13-17)34-4)22(30)15-29(35(5,32)33)21-12-8-11-19(25)23(21)26/h7-13,16,20H,6,14-15H2,1-5H3,(H,27,31)/t20-/m1/s1. The van der Waals surface area contributed by atoms with Gasteiger partial charge in [-0.15, -0.1) is 0 Å². The smallest absolute Gasteiger partial charge is 0.244 e. The van der Waals surface area contributed by atoms with Crippen LogP contribution in [-0.4, -0.2) is 57.1 Å². The summed E-state index contributed by atoms with van der Waals surface area (Å²) in [5, 5.41) is 3.01. The molecule has 192 valence electrons. The highest BCUT2D eigenvalue weighted by molar-refractivity contribution is 7.92. The summed E-state index contributed by atoms with van der Waals surface area (Å²) in [7, 11) is -2.39. The predicted octanol–water partition coefficient (Wildman–Crippen LogP) is 4.10. The molecule has 2 rings (SSSR count). The van der Waals surface area contributed by atoms with E-state index in [4.69, 9.17) is 27.9 Å². The van der Waals surface area contributed by atoms with Crippen molar-refractivity contribution in [3.05, 3.63) is 58.1 Å². The van der Waals surface area contributed by atoms with E-state index in [0.29, 0.717) is 12.2 Å². The van der Waals surface area contributed by atoms with Crippen LogP contribution in [0.25, 0.3) is 0 Å². The summed E-state index contributed by atoms with van der Waals surface area (Å²) in [6.07, 6.45) is 1.30. The van der Waals surface area contributed by atoms with Crippen molar-refractivity contribution < 1.29 is 22.7 Å². The van der Waals surface area contributed by atoms with Crippen molar-refractivity contribution in [3.8, 4) is 5.75 Å². The molecule has 8 nitrogen and oxygen atoms in total. The molecule has 35 heavy (non-hydrogen) atoms. The summed E-state index contributed by atoms with van der Waals surface area (Å²) < 4.78 is 31.5. The van der Waals surface area contributed by atoms with Crippen LogP contribution in [0.5, 0.6) is 5.75 Å². The third kappa shape index (κ3) is 7.75. The van der Waals surface area contributed by atoms with Crippen molar-refractivity contribution >= 4 is 50.7 Å². The Kier molecular flexibility index (Phi) is 10.2. The van der Waals surface area contributed by atoms with Gasteiger partial charge in [0.15, 0.2) is 0 Å². The lowest BCUT2D eigenvalue weighted by molar-refractivity contribution is -0.140. The summed E-state index contributed by atoms with van der Waals surface area (Å²) in [5.41, 5.74) is 0.802. The van der Waals surface area contributed by atoms with Gasteiger partial charge in [0.05, 0.1) is 29.1 Å². The van der Waals surface area contributed by atoms with Gasteiger partial charge in [-0.25, -0.2) is 8.42 Å². The Morgan fingerprint density at radius 3 is 2.34 bits per heavy atom. The van der Waals surface area contributed by atoms with E-state index in [0.717, 1.165) is 16.1 Å². The van der Waals surface area contributed by atoms with Gasteiger partial charge >= 0.3 is 0 Å². The third-order valence-electron chi connectivity index (χ3n) is 5.18. The van der Waals surface area contributed by atoms with Crippen molar-refractivity contribution in [2.75, 3.05) is 24.2 Å². The van der Waals surface area contributed by atoms with Crippen LogP contribution >= 0.6 is 23.2 Å². The van der Waals surface area contributed by atoms with Crippen molar-refractivity contribution in [1.82, 2.24) is 10.2 Å². The highest BCUT2D eigenvalue weighted by Gasteiger charge is 2.32. The second-order valence-corrected chi connectivity index (χ2v) is 11.0. The monoisotopic (exact) mass is 543 g/mol. The summed E-state index contributed by atoms with van der Waals surface area (Å²) in [4.78, 5) is 28.0. The van der Waals surface area contributed by atoms with E-state index in [1.807, 2.05) is 13.8 Å². The Morgan fingerprint density at radius 2 is 1.77 bits per heavy atom. The molecule has 0 saturated heterocycles. The zero-order chi connectivity index (χ0) is 26.3. The zero-order valence-electron chi connectivity index (χ0n) is 20.4. The van der Waals surface area contributed by atoms with Crippen LogP contribution in [0.2, 0.25) is 10.0 Å². The molecule has 0 heterocycles. The fraction of sp³-hybridized carbons (Fsp3) is 0.417. The van der Waals surface area contributed by atoms with Gasteiger partial charge in [0.25, 0.3) is 0 Å². The first-order chi connectivity index (χ1) is 16.4. The number of methoxy groups -OCH3 is 1. The SMILES string of the molecule is CC[C@H](C(=O)NC(C)C)N(Cc1cccc(OC)c1)C(=O)CN(c1cccc(Cl)c1Cl)S(C)(=O)=O. The van der Waals surface area contributed by atoms with Gasteiger partial charge in [-0.05, 0) is 50.1 Å². The summed E-state index contributed by atoms with van der Waals surface area (Å²) in [6.45, 7) is 4.95. The lowest BCUT2D eigenvalue weighted by atomic mass is 10.1. The minimum atomic E-state index is -3.92. The van der Waals surface area contributed by atoms with Crippen LogP contribution in [0.4, 0.5) is 5.69 Å². The van der Waals surface area contributed by atoms with E-state index in [9.17, 15) is 18.0 Å². The largest absolute Gasteiger partial charge is 0.497 e. The number of sulfonamides is 1. The number of nitrogens with one attached hydrogen (secondary N) is 1. The van der Waals surface area contributed by atoms with Gasteiger partial charge in [0.1, 0.15) is 18.3 Å². The summed E-state index contributed by atoms with van der Waals surface area (Å²) >= 11 is 12.4. The van der Waals surface area contributed by atoms with Gasteiger partial charge in [0, 0.05) is 12.6 Å². The van der Waals surface area contributed by atoms with Crippen LogP contribution in [0.15, 0.2) is 42.5 Å². The first kappa shape index (κ1) is 28.7. The Balaban J connectivity index is 2.50. The van der Waals surface area contributed by atoms with Crippen LogP contribution < -0.4 is 14.4 Å². The maximum atomic E-state index is 13.7. The number of benzene rings is 2. The Hall–Kier alpha value is -2.49. The topological polar surface area (TPSA) is 96.0 Å². The minimum absolute atomic E-state index is 0.0105. The third-order valence-corrected chi connectivity index (χ3v) is 7.12. The van der Waals surface area contributed by atoms with Crippen molar-refractivity contribution in [1.29, 1.82) is 0 Å². The molecule has 0 unspecified atom stereocenters. The number of carbonyl (C=O) groups excluding carboxylic acids is 2. The van der Waals surface area contributed by atoms with Gasteiger partial charge in [-0.1, -0.05) is 48.3 Å². The number of hydrogen-bond acceptors (Lipinski definition) is 5. The van der Waals surface area contributed by atoms with Crippen molar-refractivity contribution in [2.24, 2.45) is 0 Å². The maximum absolute atomic E-state index is 13.7. The fourth-order valence-electron chi connectivity index (χ4n) is 3.55. The van der Waals surface area contributed by atoms with Gasteiger partial charge in [-0.3, -0.25) is 13.9 Å². The first-order valence-electron chi connectivity index (χ1n) is 11.0. The summed E-state index contributed by atoms with van der Waals surface area (Å²) in [6, 6.07) is 10.7. The molecule has 0 aliphatic carbocycles. The average Bonchev–Trinajstić information content (AvgIpc) is 2.78. The quantitative estimate of drug-likeness (QED) is 0.460. The molecular weight excluding hydrogens is 513 g/mol. The number of nitrogens with zero attached hydrogens (tertiary/aromatic N) is 2. The van der Waals surface area contributed by atoms with E-state index >= 15 is 0 Å². The zero-order valence-corrected chi connectivity index (χ0v) is 22.7. The Morgan fingerprint density at radius 1 is 1.11 bits per heavy atom. The number of anilines is 1. The van der Waals surface area contributed by atoms with Crippen molar-refractivity contribution in [3.63, 3.8) is 0 Å². The molecule has 0 aliphatic heterocycles. The van der Waals surface area contributed by atoms with Gasteiger partial charge in [0.2, 0.25) is 21.8 Å². The number of ether oxygens (including phenoxy) is 1. The maximum Gasteiger partial charge on any atom is 0.244 e. The molecule has 0 spiro atoms. The van der Waals surface area contributed by atoms with E-state index in [-0.39, 0.29) is 34.2 Å². The average molecular weight is 545 g/mol. The molecule has 1 atom stereocenters. The van der Waals surface area contributed by atoms with Crippen LogP contribution in [-0.2, 0) is 26.2 Å². The molecule has 0 aliphatic rings. The number of amides is 2. The molecular formula is C24H31Cl2N3O5S. The highest BCUT2D eigenvalue weighted by atomic mass is 35.5. The molecule has 0 saturated carbocycles. The lowest BCUT2D eigenvalue weighted by Crippen LogP contribution is -2.53. The van der Waals surface area contributed by atoms with Gasteiger partial charge < -0.3 is 15.0 Å². The van der Waals surface area contributed by atoms with E-state index in [1.54, 1.807) is 37.3 Å². The number of halogens is 2. The lowest BCUT2D eigenvalue weighted by Gasteiger charge is -2.33. The predicted molar refractivity (Wildman–Crippen MR) is 140 cm³/mol. The Labute approximate surface area is 217 Å². The first-order valence-corrected chi connectivity index (χ1v) is 13.6. The second-order valence-electron chi connectivity index (χ2n) is 8.30. The van der Waals surface area contributed by atoms with Crippen LogP contribution in [0, 0.1) is 0 Å². The fourth-order valence-corrected chi connectivity index (χ4v) is 4.85.